The fourth-order valence-corrected chi connectivity index (χ4v) is 3.57. The molecule has 3 atom stereocenters. The third kappa shape index (κ3) is 6.97. The third-order valence-corrected chi connectivity index (χ3v) is 5.35. The second kappa shape index (κ2) is 10.9. The van der Waals surface area contributed by atoms with Gasteiger partial charge in [0.25, 0.3) is 0 Å². The molecule has 6 N–H and O–H groups in total. The van der Waals surface area contributed by atoms with Crippen molar-refractivity contribution in [3.05, 3.63) is 64.7 Å². The fourth-order valence-electron chi connectivity index (χ4n) is 3.57. The molecule has 1 amide bonds. The Morgan fingerprint density at radius 3 is 2.23 bits per heavy atom. The highest BCUT2D eigenvalue weighted by atomic mass is 16.3. The molecular formula is C24H33N3O3. The van der Waals surface area contributed by atoms with Crippen molar-refractivity contribution in [3.8, 4) is 5.75 Å². The van der Waals surface area contributed by atoms with Crippen LogP contribution in [-0.2, 0) is 22.4 Å². The van der Waals surface area contributed by atoms with Crippen LogP contribution in [0.1, 0.15) is 35.6 Å². The van der Waals surface area contributed by atoms with Crippen molar-refractivity contribution in [2.75, 3.05) is 6.54 Å². The summed E-state index contributed by atoms with van der Waals surface area (Å²) in [5.41, 5.74) is 16.1. The number of aryl methyl sites for hydroxylation is 2. The zero-order valence-electron chi connectivity index (χ0n) is 18.0. The van der Waals surface area contributed by atoms with Crippen LogP contribution >= 0.6 is 0 Å². The van der Waals surface area contributed by atoms with Crippen molar-refractivity contribution in [2.24, 2.45) is 17.4 Å². The van der Waals surface area contributed by atoms with Gasteiger partial charge in [-0.1, -0.05) is 37.3 Å². The SMILES string of the molecule is Cc1cc(O)cc(C)c1C[C@H](N)C(=O)C[C@H](C)C(=O)NC[C@H](N)Cc1ccccc1. The summed E-state index contributed by atoms with van der Waals surface area (Å²) in [5.74, 6) is -0.631. The second-order valence-corrected chi connectivity index (χ2v) is 8.14. The number of amides is 1. The summed E-state index contributed by atoms with van der Waals surface area (Å²) in [6.07, 6.45) is 1.13. The van der Waals surface area contributed by atoms with Crippen molar-refractivity contribution < 1.29 is 14.7 Å². The van der Waals surface area contributed by atoms with Crippen LogP contribution in [0.3, 0.4) is 0 Å². The van der Waals surface area contributed by atoms with E-state index in [-0.39, 0.29) is 29.9 Å². The molecule has 6 heteroatoms. The van der Waals surface area contributed by atoms with Gasteiger partial charge in [-0.3, -0.25) is 9.59 Å². The van der Waals surface area contributed by atoms with Gasteiger partial charge in [-0.25, -0.2) is 0 Å². The summed E-state index contributed by atoms with van der Waals surface area (Å²) in [5, 5.41) is 12.5. The molecule has 0 heterocycles. The van der Waals surface area contributed by atoms with E-state index in [9.17, 15) is 14.7 Å². The molecule has 0 aromatic heterocycles. The molecule has 30 heavy (non-hydrogen) atoms. The number of Topliss-reactive ketones (excluding diaryl/α,β-unsaturated/α-hetero) is 1. The van der Waals surface area contributed by atoms with E-state index in [0.717, 1.165) is 22.3 Å². The van der Waals surface area contributed by atoms with Crippen molar-refractivity contribution in [1.29, 1.82) is 0 Å². The van der Waals surface area contributed by atoms with Crippen LogP contribution in [0.25, 0.3) is 0 Å². The minimum absolute atomic E-state index is 0.0805. The number of carbonyl (C=O) groups is 2. The van der Waals surface area contributed by atoms with Gasteiger partial charge < -0.3 is 21.9 Å². The maximum absolute atomic E-state index is 12.6. The lowest BCUT2D eigenvalue weighted by atomic mass is 9.91. The zero-order chi connectivity index (χ0) is 22.3. The van der Waals surface area contributed by atoms with Gasteiger partial charge in [0.1, 0.15) is 5.75 Å². The Labute approximate surface area is 178 Å². The molecule has 2 rings (SSSR count). The van der Waals surface area contributed by atoms with E-state index in [1.807, 2.05) is 44.2 Å². The number of benzene rings is 2. The van der Waals surface area contributed by atoms with Crippen LogP contribution in [-0.4, -0.2) is 35.4 Å². The molecule has 0 aliphatic heterocycles. The molecule has 0 bridgehead atoms. The van der Waals surface area contributed by atoms with Crippen molar-refractivity contribution in [1.82, 2.24) is 5.32 Å². The van der Waals surface area contributed by atoms with Crippen LogP contribution in [0, 0.1) is 19.8 Å². The number of aromatic hydroxyl groups is 1. The molecule has 0 unspecified atom stereocenters. The molecule has 0 saturated heterocycles. The lowest BCUT2D eigenvalue weighted by Crippen LogP contribution is -2.42. The van der Waals surface area contributed by atoms with Gasteiger partial charge in [0.2, 0.25) is 5.91 Å². The summed E-state index contributed by atoms with van der Waals surface area (Å²) >= 11 is 0. The van der Waals surface area contributed by atoms with Gasteiger partial charge in [0.15, 0.2) is 5.78 Å². The van der Waals surface area contributed by atoms with Crippen LogP contribution in [0.15, 0.2) is 42.5 Å². The highest BCUT2D eigenvalue weighted by Gasteiger charge is 2.23. The summed E-state index contributed by atoms with van der Waals surface area (Å²) in [7, 11) is 0. The maximum atomic E-state index is 12.6. The van der Waals surface area contributed by atoms with E-state index >= 15 is 0 Å². The normalized spacial score (nSPS) is 14.0. The first-order chi connectivity index (χ1) is 14.2. The summed E-state index contributed by atoms with van der Waals surface area (Å²) in [4.78, 5) is 24.9. The number of nitrogens with two attached hydrogens (primary N) is 2. The van der Waals surface area contributed by atoms with Crippen LogP contribution in [0.2, 0.25) is 0 Å². The number of ketones is 1. The second-order valence-electron chi connectivity index (χ2n) is 8.14. The molecule has 0 spiro atoms. The summed E-state index contributed by atoms with van der Waals surface area (Å²) in [6.45, 7) is 5.84. The van der Waals surface area contributed by atoms with E-state index in [2.05, 4.69) is 5.32 Å². The number of hydrogen-bond donors (Lipinski definition) is 4. The van der Waals surface area contributed by atoms with Gasteiger partial charge in [0.05, 0.1) is 6.04 Å². The van der Waals surface area contributed by atoms with E-state index in [1.54, 1.807) is 19.1 Å². The number of nitrogens with one attached hydrogen (secondary N) is 1. The van der Waals surface area contributed by atoms with E-state index in [4.69, 9.17) is 11.5 Å². The first kappa shape index (κ1) is 23.6. The van der Waals surface area contributed by atoms with Gasteiger partial charge in [-0.05, 0) is 61.1 Å². The standard InChI is InChI=1S/C24H33N3O3/c1-15-9-20(28)10-16(2)21(15)13-22(26)23(29)11-17(3)24(30)27-14-19(25)12-18-7-5-4-6-8-18/h4-10,17,19,22,28H,11-14,25-26H2,1-3H3,(H,27,30)/t17-,19+,22-/m0/s1. The van der Waals surface area contributed by atoms with Gasteiger partial charge in [-0.2, -0.15) is 0 Å². The Morgan fingerprint density at radius 2 is 1.63 bits per heavy atom. The topological polar surface area (TPSA) is 118 Å². The average Bonchev–Trinajstić information content (AvgIpc) is 2.69. The highest BCUT2D eigenvalue weighted by molar-refractivity contribution is 5.89. The van der Waals surface area contributed by atoms with Crippen molar-refractivity contribution >= 4 is 11.7 Å². The monoisotopic (exact) mass is 411 g/mol. The number of carbonyl (C=O) groups excluding carboxylic acids is 2. The molecule has 2 aromatic rings. The molecule has 0 radical (unpaired) electrons. The predicted octanol–water partition coefficient (Wildman–Crippen LogP) is 2.16. The molecule has 162 valence electrons. The van der Waals surface area contributed by atoms with Crippen LogP contribution < -0.4 is 16.8 Å². The van der Waals surface area contributed by atoms with E-state index in [0.29, 0.717) is 19.4 Å². The third-order valence-electron chi connectivity index (χ3n) is 5.35. The number of hydrogen-bond acceptors (Lipinski definition) is 5. The Kier molecular flexibility index (Phi) is 8.57. The summed E-state index contributed by atoms with van der Waals surface area (Å²) < 4.78 is 0. The van der Waals surface area contributed by atoms with Gasteiger partial charge >= 0.3 is 0 Å². The largest absolute Gasteiger partial charge is 0.508 e. The smallest absolute Gasteiger partial charge is 0.223 e. The summed E-state index contributed by atoms with van der Waals surface area (Å²) in [6, 6.07) is 12.3. The van der Waals surface area contributed by atoms with Gasteiger partial charge in [-0.15, -0.1) is 0 Å². The molecular weight excluding hydrogens is 378 g/mol. The molecule has 0 aliphatic carbocycles. The highest BCUT2D eigenvalue weighted by Crippen LogP contribution is 2.22. The predicted molar refractivity (Wildman–Crippen MR) is 119 cm³/mol. The quantitative estimate of drug-likeness (QED) is 0.478. The first-order valence-corrected chi connectivity index (χ1v) is 10.3. The lowest BCUT2D eigenvalue weighted by Gasteiger charge is -2.18. The molecule has 0 fully saturated rings. The van der Waals surface area contributed by atoms with E-state index < -0.39 is 12.0 Å². The number of phenolic OH excluding ortho intramolecular Hbond substituents is 1. The Balaban J connectivity index is 1.82. The minimum atomic E-state index is -0.692. The minimum Gasteiger partial charge on any atom is -0.508 e. The molecule has 2 aromatic carbocycles. The zero-order valence-corrected chi connectivity index (χ0v) is 18.0. The fraction of sp³-hybridized carbons (Fsp3) is 0.417. The van der Waals surface area contributed by atoms with E-state index in [1.165, 1.54) is 0 Å². The maximum Gasteiger partial charge on any atom is 0.223 e. The molecule has 0 aliphatic rings. The Morgan fingerprint density at radius 1 is 1.03 bits per heavy atom. The van der Waals surface area contributed by atoms with Gasteiger partial charge in [0, 0.05) is 24.9 Å². The molecule has 6 nitrogen and oxygen atoms in total. The van der Waals surface area contributed by atoms with Crippen LogP contribution in [0.5, 0.6) is 5.75 Å². The Hall–Kier alpha value is -2.70. The van der Waals surface area contributed by atoms with Crippen molar-refractivity contribution in [2.45, 2.75) is 52.1 Å². The van der Waals surface area contributed by atoms with Crippen molar-refractivity contribution in [3.63, 3.8) is 0 Å². The number of rotatable bonds is 10. The molecule has 0 saturated carbocycles. The first-order valence-electron chi connectivity index (χ1n) is 10.3. The van der Waals surface area contributed by atoms with Crippen LogP contribution in [0.4, 0.5) is 0 Å². The average molecular weight is 412 g/mol. The Bertz CT molecular complexity index is 844. The lowest BCUT2D eigenvalue weighted by molar-refractivity contribution is -0.129. The number of phenols is 1.